The number of nitrogen functional groups attached to an aromatic ring is 1. The molecule has 2 N–H and O–H groups in total. The molecule has 0 aromatic heterocycles. The molecule has 1 nitrogen and oxygen atoms in total. The van der Waals surface area contributed by atoms with Gasteiger partial charge in [0, 0.05) is 5.69 Å². The topological polar surface area (TPSA) is 26.0 Å². The van der Waals surface area contributed by atoms with Crippen molar-refractivity contribution in [2.24, 2.45) is 5.41 Å². The highest BCUT2D eigenvalue weighted by atomic mass is 14.5. The normalized spacial score (nSPS) is 14.8. The lowest BCUT2D eigenvalue weighted by atomic mass is 9.80. The lowest BCUT2D eigenvalue weighted by molar-refractivity contribution is 0.468. The molecule has 0 fully saturated rings. The summed E-state index contributed by atoms with van der Waals surface area (Å²) in [4.78, 5) is 0. The second kappa shape index (κ2) is 5.39. The van der Waals surface area contributed by atoms with Crippen LogP contribution >= 0.6 is 0 Å². The summed E-state index contributed by atoms with van der Waals surface area (Å²) >= 11 is 0. The quantitative estimate of drug-likeness (QED) is 0.589. The maximum Gasteiger partial charge on any atom is 0.0314 e. The first-order valence-corrected chi connectivity index (χ1v) is 6.35. The second-order valence-electron chi connectivity index (χ2n) is 5.84. The third kappa shape index (κ3) is 3.92. The third-order valence-electron chi connectivity index (χ3n) is 3.34. The van der Waals surface area contributed by atoms with Crippen LogP contribution in [0.1, 0.15) is 52.5 Å². The molecule has 1 aromatic carbocycles. The van der Waals surface area contributed by atoms with Crippen LogP contribution in [0.3, 0.4) is 0 Å². The molecule has 0 radical (unpaired) electrons. The maximum absolute atomic E-state index is 5.71. The van der Waals surface area contributed by atoms with Crippen LogP contribution in [0.2, 0.25) is 0 Å². The Kier molecular flexibility index (Phi) is 4.39. The predicted octanol–water partition coefficient (Wildman–Crippen LogP) is 4.75. The van der Waals surface area contributed by atoms with Crippen molar-refractivity contribution in [1.82, 2.24) is 0 Å². The highest BCUT2D eigenvalue weighted by Gasteiger charge is 2.18. The summed E-state index contributed by atoms with van der Waals surface area (Å²) in [5.41, 5.74) is 9.69. The molecule has 1 unspecified atom stereocenters. The summed E-state index contributed by atoms with van der Waals surface area (Å²) in [5, 5.41) is 0. The van der Waals surface area contributed by atoms with Crippen molar-refractivity contribution >= 4 is 5.69 Å². The van der Waals surface area contributed by atoms with Crippen molar-refractivity contribution in [3.63, 3.8) is 0 Å². The molecule has 0 heterocycles. The summed E-state index contributed by atoms with van der Waals surface area (Å²) < 4.78 is 0. The van der Waals surface area contributed by atoms with Gasteiger partial charge in [-0.25, -0.2) is 0 Å². The van der Waals surface area contributed by atoms with Crippen LogP contribution in [0.5, 0.6) is 0 Å². The molecule has 1 aromatic rings. The summed E-state index contributed by atoms with van der Waals surface area (Å²) in [7, 11) is 0. The molecule has 0 saturated heterocycles. The molecule has 0 amide bonds. The fourth-order valence-electron chi connectivity index (χ4n) is 2.13. The highest BCUT2D eigenvalue weighted by Crippen LogP contribution is 2.33. The predicted molar refractivity (Wildman–Crippen MR) is 77.1 cm³/mol. The molecule has 94 valence electrons. The van der Waals surface area contributed by atoms with Crippen molar-refractivity contribution in [2.75, 3.05) is 5.73 Å². The Hall–Kier alpha value is -1.24. The van der Waals surface area contributed by atoms with Crippen LogP contribution in [0.25, 0.3) is 0 Å². The fraction of sp³-hybridized carbons (Fsp3) is 0.500. The zero-order valence-electron chi connectivity index (χ0n) is 11.7. The number of anilines is 1. The Labute approximate surface area is 106 Å². The number of rotatable bonds is 3. The summed E-state index contributed by atoms with van der Waals surface area (Å²) in [6.07, 6.45) is 3.37. The SMILES string of the molecule is C/C=C(\CC(C)c1ccc(N)cc1)C(C)(C)C. The highest BCUT2D eigenvalue weighted by molar-refractivity contribution is 5.40. The Morgan fingerprint density at radius 2 is 1.76 bits per heavy atom. The molecule has 1 heteroatoms. The van der Waals surface area contributed by atoms with E-state index < -0.39 is 0 Å². The van der Waals surface area contributed by atoms with Crippen molar-refractivity contribution < 1.29 is 0 Å². The minimum Gasteiger partial charge on any atom is -0.399 e. The van der Waals surface area contributed by atoms with E-state index in [-0.39, 0.29) is 5.41 Å². The lowest BCUT2D eigenvalue weighted by Gasteiger charge is -2.26. The first-order chi connectivity index (χ1) is 7.84. The number of benzene rings is 1. The monoisotopic (exact) mass is 231 g/mol. The van der Waals surface area contributed by atoms with Gasteiger partial charge in [0.25, 0.3) is 0 Å². The van der Waals surface area contributed by atoms with Crippen molar-refractivity contribution in [3.05, 3.63) is 41.5 Å². The van der Waals surface area contributed by atoms with Gasteiger partial charge in [0.2, 0.25) is 0 Å². The van der Waals surface area contributed by atoms with Gasteiger partial charge >= 0.3 is 0 Å². The second-order valence-corrected chi connectivity index (χ2v) is 5.84. The van der Waals surface area contributed by atoms with Gasteiger partial charge in [-0.05, 0) is 42.4 Å². The van der Waals surface area contributed by atoms with E-state index in [1.54, 1.807) is 0 Å². The van der Waals surface area contributed by atoms with Crippen LogP contribution in [0.4, 0.5) is 5.69 Å². The molecule has 0 spiro atoms. The van der Waals surface area contributed by atoms with Gasteiger partial charge in [-0.2, -0.15) is 0 Å². The average molecular weight is 231 g/mol. The van der Waals surface area contributed by atoms with Crippen molar-refractivity contribution in [2.45, 2.75) is 47.0 Å². The molecule has 0 saturated carbocycles. The van der Waals surface area contributed by atoms with Gasteiger partial charge in [-0.15, -0.1) is 0 Å². The van der Waals surface area contributed by atoms with Crippen molar-refractivity contribution in [3.8, 4) is 0 Å². The van der Waals surface area contributed by atoms with Crippen LogP contribution in [-0.4, -0.2) is 0 Å². The molecule has 0 bridgehead atoms. The van der Waals surface area contributed by atoms with E-state index in [4.69, 9.17) is 5.73 Å². The molecule has 1 rings (SSSR count). The van der Waals surface area contributed by atoms with Gasteiger partial charge in [0.05, 0.1) is 0 Å². The number of nitrogens with two attached hydrogens (primary N) is 1. The van der Waals surface area contributed by atoms with Gasteiger partial charge < -0.3 is 5.73 Å². The van der Waals surface area contributed by atoms with E-state index in [9.17, 15) is 0 Å². The lowest BCUT2D eigenvalue weighted by Crippen LogP contribution is -2.11. The zero-order valence-corrected chi connectivity index (χ0v) is 11.7. The van der Waals surface area contributed by atoms with Crippen molar-refractivity contribution in [1.29, 1.82) is 0 Å². The van der Waals surface area contributed by atoms with Gasteiger partial charge in [-0.3, -0.25) is 0 Å². The summed E-state index contributed by atoms with van der Waals surface area (Å²) in [6.45, 7) is 11.2. The van der Waals surface area contributed by atoms with E-state index in [0.717, 1.165) is 12.1 Å². The van der Waals surface area contributed by atoms with Gasteiger partial charge in [-0.1, -0.05) is 51.5 Å². The number of allylic oxidation sites excluding steroid dienone is 2. The zero-order chi connectivity index (χ0) is 13.1. The molecule has 1 atom stereocenters. The standard InChI is InChI=1S/C16H25N/c1-6-14(16(3,4)5)11-12(2)13-7-9-15(17)10-8-13/h6-10,12H,11,17H2,1-5H3/b14-6+. The molecular weight excluding hydrogens is 206 g/mol. The molecule has 17 heavy (non-hydrogen) atoms. The first-order valence-electron chi connectivity index (χ1n) is 6.35. The summed E-state index contributed by atoms with van der Waals surface area (Å²) in [6, 6.07) is 8.24. The smallest absolute Gasteiger partial charge is 0.0314 e. The van der Waals surface area contributed by atoms with Gasteiger partial charge in [0.1, 0.15) is 0 Å². The van der Waals surface area contributed by atoms with Crippen LogP contribution in [0, 0.1) is 5.41 Å². The largest absolute Gasteiger partial charge is 0.399 e. The van der Waals surface area contributed by atoms with E-state index in [1.807, 2.05) is 12.1 Å². The molecule has 0 aliphatic rings. The number of hydrogen-bond acceptors (Lipinski definition) is 1. The maximum atomic E-state index is 5.71. The Balaban J connectivity index is 2.79. The fourth-order valence-corrected chi connectivity index (χ4v) is 2.13. The Morgan fingerprint density at radius 3 is 2.18 bits per heavy atom. The Bertz CT molecular complexity index is 379. The van der Waals surface area contributed by atoms with Crippen LogP contribution < -0.4 is 5.73 Å². The van der Waals surface area contributed by atoms with E-state index >= 15 is 0 Å². The Morgan fingerprint density at radius 1 is 1.24 bits per heavy atom. The molecule has 0 aliphatic heterocycles. The third-order valence-corrected chi connectivity index (χ3v) is 3.34. The first kappa shape index (κ1) is 13.8. The van der Waals surface area contributed by atoms with Crippen LogP contribution in [-0.2, 0) is 0 Å². The minimum absolute atomic E-state index is 0.261. The van der Waals surface area contributed by atoms with E-state index in [0.29, 0.717) is 5.92 Å². The summed E-state index contributed by atoms with van der Waals surface area (Å²) in [5.74, 6) is 0.543. The molecular formula is C16H25N. The van der Waals surface area contributed by atoms with Gasteiger partial charge in [0.15, 0.2) is 0 Å². The number of hydrogen-bond donors (Lipinski definition) is 1. The average Bonchev–Trinajstić information content (AvgIpc) is 2.24. The minimum atomic E-state index is 0.261. The van der Waals surface area contributed by atoms with E-state index in [2.05, 4.69) is 52.8 Å². The molecule has 0 aliphatic carbocycles. The van der Waals surface area contributed by atoms with E-state index in [1.165, 1.54) is 11.1 Å². The van der Waals surface area contributed by atoms with Crippen LogP contribution in [0.15, 0.2) is 35.9 Å².